The first kappa shape index (κ1) is 13.1. The summed E-state index contributed by atoms with van der Waals surface area (Å²) in [7, 11) is 0. The van der Waals surface area contributed by atoms with E-state index in [9.17, 15) is 4.79 Å². The molecule has 6 nitrogen and oxygen atoms in total. The lowest BCUT2D eigenvalue weighted by Gasteiger charge is -2.31. The minimum absolute atomic E-state index is 0.276. The Morgan fingerprint density at radius 1 is 1.50 bits per heavy atom. The van der Waals surface area contributed by atoms with E-state index < -0.39 is 5.97 Å². The summed E-state index contributed by atoms with van der Waals surface area (Å²) in [6, 6.07) is 5.24. The third-order valence-electron chi connectivity index (χ3n) is 3.99. The van der Waals surface area contributed by atoms with E-state index in [1.807, 2.05) is 4.68 Å². The number of rotatable bonds is 3. The number of nitrogens with zero attached hydrogens (tertiary/aromatic N) is 4. The van der Waals surface area contributed by atoms with E-state index in [-0.39, 0.29) is 11.6 Å². The van der Waals surface area contributed by atoms with Gasteiger partial charge in [-0.05, 0) is 44.1 Å². The Bertz CT molecular complexity index is 637. The summed E-state index contributed by atoms with van der Waals surface area (Å²) in [4.78, 5) is 13.5. The van der Waals surface area contributed by atoms with Crippen LogP contribution in [0.2, 0.25) is 0 Å². The Morgan fingerprint density at radius 3 is 3.10 bits per heavy atom. The quantitative estimate of drug-likeness (QED) is 0.923. The Kier molecular flexibility index (Phi) is 3.40. The average molecular weight is 274 g/mol. The van der Waals surface area contributed by atoms with Crippen LogP contribution in [-0.2, 0) is 0 Å². The highest BCUT2D eigenvalue weighted by Crippen LogP contribution is 2.24. The normalized spacial score (nSPS) is 20.4. The molecular weight excluding hydrogens is 256 g/mol. The summed E-state index contributed by atoms with van der Waals surface area (Å²) >= 11 is 0. The number of hydrogen-bond acceptors (Lipinski definition) is 4. The molecule has 1 aromatic heterocycles. The zero-order chi connectivity index (χ0) is 14.1. The minimum Gasteiger partial charge on any atom is -0.478 e. The Hall–Kier alpha value is -1.95. The van der Waals surface area contributed by atoms with E-state index in [0.29, 0.717) is 0 Å². The number of likely N-dealkylation sites (N-methyl/N-ethyl adjacent to an activating group) is 1. The molecule has 1 saturated heterocycles. The van der Waals surface area contributed by atoms with Gasteiger partial charge in [0.1, 0.15) is 5.52 Å². The van der Waals surface area contributed by atoms with Crippen molar-refractivity contribution in [2.24, 2.45) is 0 Å². The molecule has 1 aliphatic rings. The molecule has 2 heterocycles. The third-order valence-corrected chi connectivity index (χ3v) is 3.99. The van der Waals surface area contributed by atoms with Gasteiger partial charge < -0.3 is 10.0 Å². The van der Waals surface area contributed by atoms with Gasteiger partial charge >= 0.3 is 5.97 Å². The lowest BCUT2D eigenvalue weighted by atomic mass is 10.1. The molecule has 1 atom stereocenters. The van der Waals surface area contributed by atoms with Gasteiger partial charge in [0, 0.05) is 6.54 Å². The van der Waals surface area contributed by atoms with Gasteiger partial charge in [-0.2, -0.15) is 0 Å². The molecule has 1 unspecified atom stereocenters. The number of hydrogen-bond donors (Lipinski definition) is 1. The number of carboxylic acid groups (broad SMARTS) is 1. The molecule has 1 aliphatic heterocycles. The fourth-order valence-electron chi connectivity index (χ4n) is 2.86. The maximum absolute atomic E-state index is 11.1. The summed E-state index contributed by atoms with van der Waals surface area (Å²) in [5.41, 5.74) is 1.85. The number of carboxylic acids is 1. The van der Waals surface area contributed by atoms with Crippen LogP contribution < -0.4 is 0 Å². The van der Waals surface area contributed by atoms with Crippen molar-refractivity contribution in [1.82, 2.24) is 19.9 Å². The smallest absolute Gasteiger partial charge is 0.335 e. The lowest BCUT2D eigenvalue weighted by molar-refractivity contribution is 0.0697. The highest BCUT2D eigenvalue weighted by Gasteiger charge is 2.23. The monoisotopic (exact) mass is 274 g/mol. The second-order valence-electron chi connectivity index (χ2n) is 5.23. The molecule has 0 spiro atoms. The molecule has 0 amide bonds. The van der Waals surface area contributed by atoms with Gasteiger partial charge in [-0.1, -0.05) is 12.1 Å². The van der Waals surface area contributed by atoms with E-state index >= 15 is 0 Å². The Labute approximate surface area is 117 Å². The van der Waals surface area contributed by atoms with E-state index in [2.05, 4.69) is 22.1 Å². The van der Waals surface area contributed by atoms with Crippen LogP contribution in [0.25, 0.3) is 11.0 Å². The van der Waals surface area contributed by atoms with Crippen LogP contribution in [0.5, 0.6) is 0 Å². The summed E-state index contributed by atoms with van der Waals surface area (Å²) in [6.07, 6.45) is 2.20. The molecule has 2 aromatic rings. The Morgan fingerprint density at radius 2 is 2.35 bits per heavy atom. The number of aromatic carboxylic acids is 1. The van der Waals surface area contributed by atoms with E-state index in [1.165, 1.54) is 0 Å². The minimum atomic E-state index is -0.918. The van der Waals surface area contributed by atoms with Crippen molar-refractivity contribution in [3.8, 4) is 0 Å². The van der Waals surface area contributed by atoms with Gasteiger partial charge in [0.15, 0.2) is 0 Å². The van der Waals surface area contributed by atoms with Crippen LogP contribution >= 0.6 is 0 Å². The first-order valence-electron chi connectivity index (χ1n) is 6.99. The number of likely N-dealkylation sites (tertiary alicyclic amines) is 1. The van der Waals surface area contributed by atoms with Gasteiger partial charge in [-0.15, -0.1) is 5.10 Å². The van der Waals surface area contributed by atoms with Gasteiger partial charge in [-0.25, -0.2) is 9.48 Å². The standard InChI is InChI=1S/C14H18N4O2/c1-2-17-7-3-4-11(9-17)18-13-8-10(14(19)20)5-6-12(13)15-16-18/h5-6,8,11H,2-4,7,9H2,1H3,(H,19,20). The highest BCUT2D eigenvalue weighted by molar-refractivity contribution is 5.92. The van der Waals surface area contributed by atoms with Crippen molar-refractivity contribution in [3.05, 3.63) is 23.8 Å². The Balaban J connectivity index is 1.98. The van der Waals surface area contributed by atoms with E-state index in [0.717, 1.165) is 43.5 Å². The molecule has 106 valence electrons. The van der Waals surface area contributed by atoms with Gasteiger partial charge in [0.05, 0.1) is 17.1 Å². The van der Waals surface area contributed by atoms with Crippen LogP contribution in [0.15, 0.2) is 18.2 Å². The molecular formula is C14H18N4O2. The van der Waals surface area contributed by atoms with E-state index in [4.69, 9.17) is 5.11 Å². The van der Waals surface area contributed by atoms with Gasteiger partial charge in [0.25, 0.3) is 0 Å². The summed E-state index contributed by atoms with van der Waals surface area (Å²) in [6.45, 7) is 5.26. The second-order valence-corrected chi connectivity index (χ2v) is 5.23. The molecule has 3 rings (SSSR count). The molecule has 0 aliphatic carbocycles. The number of fused-ring (bicyclic) bond motifs is 1. The summed E-state index contributed by atoms with van der Waals surface area (Å²) in [5.74, 6) is -0.918. The van der Waals surface area contributed by atoms with Crippen molar-refractivity contribution >= 4 is 17.0 Å². The molecule has 0 radical (unpaired) electrons. The first-order valence-corrected chi connectivity index (χ1v) is 6.99. The van der Waals surface area contributed by atoms with Crippen molar-refractivity contribution in [3.63, 3.8) is 0 Å². The largest absolute Gasteiger partial charge is 0.478 e. The van der Waals surface area contributed by atoms with Crippen molar-refractivity contribution in [1.29, 1.82) is 0 Å². The molecule has 1 fully saturated rings. The highest BCUT2D eigenvalue weighted by atomic mass is 16.4. The molecule has 6 heteroatoms. The third kappa shape index (κ3) is 2.27. The molecule has 20 heavy (non-hydrogen) atoms. The SMILES string of the molecule is CCN1CCCC(n2nnc3ccc(C(=O)O)cc32)C1. The van der Waals surface area contributed by atoms with Crippen molar-refractivity contribution < 1.29 is 9.90 Å². The summed E-state index contributed by atoms with van der Waals surface area (Å²) in [5, 5.41) is 17.5. The molecule has 1 N–H and O–H groups in total. The second kappa shape index (κ2) is 5.20. The average Bonchev–Trinajstić information content (AvgIpc) is 2.90. The van der Waals surface area contributed by atoms with E-state index in [1.54, 1.807) is 18.2 Å². The summed E-state index contributed by atoms with van der Waals surface area (Å²) < 4.78 is 1.89. The van der Waals surface area contributed by atoms with Crippen LogP contribution in [-0.4, -0.2) is 50.6 Å². The maximum atomic E-state index is 11.1. The van der Waals surface area contributed by atoms with Crippen molar-refractivity contribution in [2.45, 2.75) is 25.8 Å². The fraction of sp³-hybridized carbons (Fsp3) is 0.500. The number of piperidine rings is 1. The van der Waals surface area contributed by atoms with Crippen molar-refractivity contribution in [2.75, 3.05) is 19.6 Å². The molecule has 0 saturated carbocycles. The zero-order valence-electron chi connectivity index (χ0n) is 11.5. The number of aromatic nitrogens is 3. The topological polar surface area (TPSA) is 71.2 Å². The molecule has 1 aromatic carbocycles. The first-order chi connectivity index (χ1) is 9.69. The van der Waals surface area contributed by atoms with Crippen LogP contribution in [0.1, 0.15) is 36.2 Å². The van der Waals surface area contributed by atoms with Gasteiger partial charge in [0.2, 0.25) is 0 Å². The molecule has 0 bridgehead atoms. The predicted molar refractivity (Wildman–Crippen MR) is 74.9 cm³/mol. The zero-order valence-corrected chi connectivity index (χ0v) is 11.5. The van der Waals surface area contributed by atoms with Crippen LogP contribution in [0.3, 0.4) is 0 Å². The number of benzene rings is 1. The predicted octanol–water partition coefficient (Wildman–Crippen LogP) is 1.79. The lowest BCUT2D eigenvalue weighted by Crippen LogP contribution is -2.36. The van der Waals surface area contributed by atoms with Gasteiger partial charge in [-0.3, -0.25) is 0 Å². The maximum Gasteiger partial charge on any atom is 0.335 e. The number of carbonyl (C=O) groups is 1. The fourth-order valence-corrected chi connectivity index (χ4v) is 2.86. The van der Waals surface area contributed by atoms with Crippen LogP contribution in [0.4, 0.5) is 0 Å². The van der Waals surface area contributed by atoms with Crippen LogP contribution in [0, 0.1) is 0 Å².